The second kappa shape index (κ2) is 17.4. The zero-order valence-electron chi connectivity index (χ0n) is 37.1. The third-order valence-electron chi connectivity index (χ3n) is 16.4. The molecule has 2 aromatic heterocycles. The molecule has 8 heterocycles. The van der Waals surface area contributed by atoms with Crippen molar-refractivity contribution in [3.05, 3.63) is 157 Å². The van der Waals surface area contributed by atoms with Crippen LogP contribution in [0.25, 0.3) is 32.6 Å². The molecule has 6 fully saturated rings. The molecule has 4 aromatic carbocycles. The lowest BCUT2D eigenvalue weighted by Crippen LogP contribution is -2.67. The molecule has 0 N–H and O–H groups in total. The first kappa shape index (κ1) is 41.3. The van der Waals surface area contributed by atoms with Gasteiger partial charge in [-0.1, -0.05) is 86.7 Å². The van der Waals surface area contributed by atoms with Crippen molar-refractivity contribution in [3.63, 3.8) is 0 Å². The van der Waals surface area contributed by atoms with Gasteiger partial charge in [0.05, 0.1) is 62.6 Å². The van der Waals surface area contributed by atoms with Gasteiger partial charge in [-0.25, -0.2) is 0 Å². The van der Waals surface area contributed by atoms with E-state index in [1.165, 1.54) is 102 Å². The van der Waals surface area contributed by atoms with Crippen molar-refractivity contribution in [2.75, 3.05) is 39.4 Å². The fraction of sp³-hybridized carbons (Fsp3) is 0.429. The first-order valence-electron chi connectivity index (χ1n) is 23.8. The summed E-state index contributed by atoms with van der Waals surface area (Å²) in [5.74, 6) is 2.59. The van der Waals surface area contributed by atoms with Crippen LogP contribution in [0.5, 0.6) is 0 Å². The maximum Gasteiger partial charge on any atom is 0.135 e. The van der Waals surface area contributed by atoms with E-state index in [0.717, 1.165) is 51.5 Å². The van der Waals surface area contributed by atoms with Gasteiger partial charge in [0, 0.05) is 71.8 Å². The lowest BCUT2D eigenvalue weighted by molar-refractivity contribution is -0.986. The molecular formula is C56H66N4O2+2. The highest BCUT2D eigenvalue weighted by Crippen LogP contribution is 2.52. The number of ether oxygens (including phenoxy) is 2. The van der Waals surface area contributed by atoms with Crippen LogP contribution in [-0.4, -0.2) is 70.4 Å². The molecule has 0 spiro atoms. The Bertz CT molecular complexity index is 2560. The van der Waals surface area contributed by atoms with E-state index in [1.807, 2.05) is 24.5 Å². The summed E-state index contributed by atoms with van der Waals surface area (Å²) in [5.41, 5.74) is 7.55. The van der Waals surface area contributed by atoms with Crippen LogP contribution >= 0.6 is 0 Å². The van der Waals surface area contributed by atoms with Crippen molar-refractivity contribution in [2.45, 2.75) is 89.8 Å². The third kappa shape index (κ3) is 7.51. The topological polar surface area (TPSA) is 44.2 Å². The Balaban J connectivity index is 0.964. The van der Waals surface area contributed by atoms with Crippen LogP contribution in [-0.2, 0) is 22.6 Å². The highest BCUT2D eigenvalue weighted by atomic mass is 16.5. The smallest absolute Gasteiger partial charge is 0.135 e. The van der Waals surface area contributed by atoms with Gasteiger partial charge in [0.2, 0.25) is 0 Å². The molecule has 6 heteroatoms. The average Bonchev–Trinajstić information content (AvgIpc) is 3.32. The van der Waals surface area contributed by atoms with E-state index in [-0.39, 0.29) is 12.2 Å². The number of nitrogens with zero attached hydrogens (tertiary/aromatic N) is 4. The minimum atomic E-state index is -0.0226. The number of aromatic nitrogens is 2. The van der Waals surface area contributed by atoms with Crippen molar-refractivity contribution in [2.24, 2.45) is 23.7 Å². The third-order valence-corrected chi connectivity index (χ3v) is 16.4. The van der Waals surface area contributed by atoms with Gasteiger partial charge < -0.3 is 18.4 Å². The summed E-state index contributed by atoms with van der Waals surface area (Å²) >= 11 is 0. The van der Waals surface area contributed by atoms with E-state index < -0.39 is 0 Å². The summed E-state index contributed by atoms with van der Waals surface area (Å²) in [4.78, 5) is 9.48. The summed E-state index contributed by atoms with van der Waals surface area (Å²) in [5, 5.41) is 5.13. The van der Waals surface area contributed by atoms with Crippen LogP contribution in [0.1, 0.15) is 86.8 Å². The zero-order chi connectivity index (χ0) is 42.3. The number of hydrogen-bond donors (Lipinski definition) is 0. The molecule has 4 bridgehead atoms. The fourth-order valence-electron chi connectivity index (χ4n) is 13.5. The first-order chi connectivity index (χ1) is 30.4. The number of rotatable bonds is 16. The van der Waals surface area contributed by atoms with Crippen molar-refractivity contribution in [3.8, 4) is 0 Å². The Morgan fingerprint density at radius 3 is 1.89 bits per heavy atom. The predicted molar refractivity (Wildman–Crippen MR) is 253 cm³/mol. The van der Waals surface area contributed by atoms with E-state index in [1.54, 1.807) is 0 Å². The molecule has 6 nitrogen and oxygen atoms in total. The van der Waals surface area contributed by atoms with Crippen LogP contribution in [0.3, 0.4) is 0 Å². The van der Waals surface area contributed by atoms with Crippen LogP contribution in [0.4, 0.5) is 0 Å². The van der Waals surface area contributed by atoms with Crippen LogP contribution in [0.2, 0.25) is 0 Å². The van der Waals surface area contributed by atoms with E-state index in [2.05, 4.69) is 124 Å². The molecule has 6 aliphatic rings. The maximum absolute atomic E-state index is 6.92. The number of fused-ring (bicyclic) bond motifs is 9. The fourth-order valence-corrected chi connectivity index (χ4v) is 13.5. The molecule has 0 saturated carbocycles. The van der Waals surface area contributed by atoms with Gasteiger partial charge in [-0.05, 0) is 83.0 Å². The van der Waals surface area contributed by atoms with Gasteiger partial charge in [0.25, 0.3) is 0 Å². The SMILES string of the molecule is C=CCO[C@H](c1ccnc2ccccc12)[C@H]1C[N+]2(Cc3ccc4ccc(C[N+]56CCC(C[C@H]5[C@H](OCC=C)c5ccnc7ccccc57)C(CC)C6)cc4c3)CCC1CC2CC. The van der Waals surface area contributed by atoms with Crippen LogP contribution in [0.15, 0.2) is 135 Å². The molecule has 6 saturated heterocycles. The molecular weight excluding hydrogens is 761 g/mol. The van der Waals surface area contributed by atoms with Gasteiger partial charge in [0.15, 0.2) is 0 Å². The van der Waals surface area contributed by atoms with Crippen LogP contribution < -0.4 is 0 Å². The number of pyridine rings is 2. The monoisotopic (exact) mass is 827 g/mol. The van der Waals surface area contributed by atoms with Crippen molar-refractivity contribution < 1.29 is 18.4 Å². The molecule has 6 aliphatic heterocycles. The summed E-state index contributed by atoms with van der Waals surface area (Å²) in [6, 6.07) is 37.4. The largest absolute Gasteiger partial charge is 0.369 e. The van der Waals surface area contributed by atoms with E-state index in [4.69, 9.17) is 19.4 Å². The van der Waals surface area contributed by atoms with Crippen molar-refractivity contribution >= 4 is 32.6 Å². The molecule has 0 aliphatic carbocycles. The normalized spacial score (nSPS) is 28.9. The zero-order valence-corrected chi connectivity index (χ0v) is 37.1. The van der Waals surface area contributed by atoms with E-state index >= 15 is 0 Å². The van der Waals surface area contributed by atoms with E-state index in [9.17, 15) is 0 Å². The average molecular weight is 827 g/mol. The summed E-state index contributed by atoms with van der Waals surface area (Å²) in [6.07, 6.45) is 15.3. The number of benzene rings is 4. The lowest BCUT2D eigenvalue weighted by atomic mass is 9.69. The summed E-state index contributed by atoms with van der Waals surface area (Å²) in [6.45, 7) is 21.0. The molecule has 320 valence electrons. The highest BCUT2D eigenvalue weighted by Gasteiger charge is 2.56. The quantitative estimate of drug-likeness (QED) is 0.0720. The standard InChI is InChI=1S/C56H66N4O2/c1-5-29-61-55(49-21-25-57-52-15-11-9-13-47(49)52)51-38-59(27-24-44(51)33-46(59)8-4)35-39-17-19-42-20-18-40(32-45(42)31-39)36-60-28-23-43(41(7-3)37-60)34-54(60)56(62-30-6-2)50-22-26-58-53-16-12-10-14-48(50)53/h5-6,9-22,25-26,31-32,41,43-44,46,51,54-56H,1-2,7-8,23-24,27-30,33-38H2,3-4H3/q+2/t41?,43?,44?,46?,51-,54-,55+,56+,59?,60?/m0/s1. The second-order valence-electron chi connectivity index (χ2n) is 19.5. The molecule has 6 aromatic rings. The Hall–Kier alpha value is -4.72. The second-order valence-corrected chi connectivity index (χ2v) is 19.5. The molecule has 6 unspecified atom stereocenters. The number of piperidine rings is 6. The van der Waals surface area contributed by atoms with Gasteiger partial charge in [-0.3, -0.25) is 9.97 Å². The molecule has 0 amide bonds. The molecule has 10 atom stereocenters. The Labute approximate surface area is 369 Å². The number of quaternary nitrogens is 2. The molecule has 12 rings (SSSR count). The van der Waals surface area contributed by atoms with Crippen LogP contribution in [0, 0.1) is 23.7 Å². The van der Waals surface area contributed by atoms with Crippen molar-refractivity contribution in [1.82, 2.24) is 9.97 Å². The van der Waals surface area contributed by atoms with Gasteiger partial charge in [0.1, 0.15) is 25.2 Å². The Morgan fingerprint density at radius 2 is 1.24 bits per heavy atom. The van der Waals surface area contributed by atoms with E-state index in [0.29, 0.717) is 37.1 Å². The number of para-hydroxylation sites is 2. The highest BCUT2D eigenvalue weighted by molar-refractivity contribution is 5.84. The predicted octanol–water partition coefficient (Wildman–Crippen LogP) is 12.1. The minimum absolute atomic E-state index is 0.0169. The lowest BCUT2D eigenvalue weighted by Gasteiger charge is -2.59. The van der Waals surface area contributed by atoms with Gasteiger partial charge >= 0.3 is 0 Å². The number of hydrogen-bond acceptors (Lipinski definition) is 4. The van der Waals surface area contributed by atoms with Gasteiger partial charge in [-0.15, -0.1) is 13.2 Å². The summed E-state index contributed by atoms with van der Waals surface area (Å²) < 4.78 is 16.0. The first-order valence-corrected chi connectivity index (χ1v) is 23.8. The maximum atomic E-state index is 6.92. The molecule has 0 radical (unpaired) electrons. The van der Waals surface area contributed by atoms with Crippen molar-refractivity contribution in [1.29, 1.82) is 0 Å². The summed E-state index contributed by atoms with van der Waals surface area (Å²) in [7, 11) is 0. The Kier molecular flexibility index (Phi) is 11.6. The van der Waals surface area contributed by atoms with Gasteiger partial charge in [-0.2, -0.15) is 0 Å². The minimum Gasteiger partial charge on any atom is -0.369 e. The molecule has 62 heavy (non-hydrogen) atoms. The Morgan fingerprint density at radius 1 is 0.645 bits per heavy atom.